The summed E-state index contributed by atoms with van der Waals surface area (Å²) in [4.78, 5) is 2.35. The molecule has 0 saturated carbocycles. The van der Waals surface area contributed by atoms with Crippen LogP contribution in [0.25, 0.3) is 55.0 Å². The first kappa shape index (κ1) is 38.5. The van der Waals surface area contributed by atoms with Crippen molar-refractivity contribution in [2.45, 2.75) is 10.8 Å². The maximum Gasteiger partial charge on any atom is 0.159 e. The first-order chi connectivity index (χ1) is 33.7. The van der Waals surface area contributed by atoms with E-state index < -0.39 is 10.8 Å². The number of furan rings is 1. The van der Waals surface area contributed by atoms with Gasteiger partial charge in [-0.25, -0.2) is 0 Å². The molecule has 1 heterocycles. The first-order valence-corrected chi connectivity index (χ1v) is 23.6. The van der Waals surface area contributed by atoms with E-state index in [2.05, 4.69) is 260 Å². The molecule has 0 saturated heterocycles. The van der Waals surface area contributed by atoms with E-state index in [-0.39, 0.29) is 0 Å². The quantitative estimate of drug-likeness (QED) is 0.159. The van der Waals surface area contributed by atoms with Crippen LogP contribution in [-0.2, 0) is 10.8 Å². The van der Waals surface area contributed by atoms with E-state index in [9.17, 15) is 0 Å². The Bertz CT molecular complexity index is 3820. The van der Waals surface area contributed by atoms with E-state index in [1.807, 2.05) is 6.07 Å². The Labute approximate surface area is 395 Å². The van der Waals surface area contributed by atoms with Gasteiger partial charge in [-0.2, -0.15) is 0 Å². The van der Waals surface area contributed by atoms with Crippen LogP contribution in [0, 0.1) is 0 Å². The molecule has 0 radical (unpaired) electrons. The molecule has 14 rings (SSSR count). The Morgan fingerprint density at radius 3 is 1.50 bits per heavy atom. The zero-order valence-corrected chi connectivity index (χ0v) is 37.2. The van der Waals surface area contributed by atoms with Crippen LogP contribution in [0.2, 0.25) is 0 Å². The molecule has 0 aliphatic heterocycles. The van der Waals surface area contributed by atoms with Gasteiger partial charge in [-0.3, -0.25) is 0 Å². The number of nitrogens with zero attached hydrogens (tertiary/aromatic N) is 1. The summed E-state index contributed by atoms with van der Waals surface area (Å²) >= 11 is 0. The first-order valence-electron chi connectivity index (χ1n) is 23.6. The average Bonchev–Trinajstić information content (AvgIpc) is 4.05. The SMILES string of the molecule is c1ccc(N(c2ccc3c4c(ccc3c2)-c2cc3c(cc2C4(c2ccccc2)c2ccccc2)-c2ccccc2C3(c2ccccc2)c2ccccc2)c2cccc3c2oc2ccccc23)cc1. The standard InChI is InChI=1S/C66H43NO/c1-6-21-45(22-7-1)65(46-23-8-2-9-24-46)58-34-18-16-31-52(58)56-42-60-57(43-59(56)65)54-39-37-44-41-50(38-40-51(44)63(54)66(60,47-25-10-3-11-26-47)48-27-12-4-13-28-48)67(49-29-14-5-15-30-49)61-35-20-33-55-53-32-17-19-36-62(53)68-64(55)61/h1-43H. The minimum absolute atomic E-state index is 0.524. The molecular formula is C66H43NO. The molecule has 0 fully saturated rings. The second-order valence-electron chi connectivity index (χ2n) is 18.3. The van der Waals surface area contributed by atoms with E-state index in [1.165, 1.54) is 77.5 Å². The molecule has 0 bridgehead atoms. The van der Waals surface area contributed by atoms with Gasteiger partial charge >= 0.3 is 0 Å². The third-order valence-corrected chi connectivity index (χ3v) is 15.0. The molecule has 0 atom stereocenters. The Balaban J connectivity index is 1.07. The fraction of sp³-hybridized carbons (Fsp3) is 0.0303. The van der Waals surface area contributed by atoms with Crippen LogP contribution in [0.5, 0.6) is 0 Å². The van der Waals surface area contributed by atoms with E-state index in [4.69, 9.17) is 4.42 Å². The van der Waals surface area contributed by atoms with Crippen LogP contribution < -0.4 is 4.90 Å². The maximum atomic E-state index is 6.70. The summed E-state index contributed by atoms with van der Waals surface area (Å²) in [7, 11) is 0. The summed E-state index contributed by atoms with van der Waals surface area (Å²) in [5.74, 6) is 0. The zero-order valence-electron chi connectivity index (χ0n) is 37.2. The van der Waals surface area contributed by atoms with Crippen LogP contribution >= 0.6 is 0 Å². The van der Waals surface area contributed by atoms with Crippen molar-refractivity contribution in [3.8, 4) is 22.3 Å². The topological polar surface area (TPSA) is 16.4 Å². The third-order valence-electron chi connectivity index (χ3n) is 15.0. The van der Waals surface area contributed by atoms with Crippen molar-refractivity contribution in [2.75, 3.05) is 4.90 Å². The number of fused-ring (bicyclic) bond motifs is 11. The largest absolute Gasteiger partial charge is 0.454 e. The van der Waals surface area contributed by atoms with Gasteiger partial charge in [0.05, 0.1) is 16.5 Å². The smallest absolute Gasteiger partial charge is 0.159 e. The van der Waals surface area contributed by atoms with Crippen LogP contribution in [0.1, 0.15) is 44.5 Å². The van der Waals surface area contributed by atoms with Crippen LogP contribution in [0.15, 0.2) is 265 Å². The lowest BCUT2D eigenvalue weighted by Gasteiger charge is -2.36. The number of para-hydroxylation sites is 3. The van der Waals surface area contributed by atoms with Gasteiger partial charge in [0.2, 0.25) is 0 Å². The van der Waals surface area contributed by atoms with E-state index in [0.717, 1.165) is 39.0 Å². The molecule has 11 aromatic carbocycles. The molecule has 0 spiro atoms. The average molecular weight is 866 g/mol. The lowest BCUT2D eigenvalue weighted by Crippen LogP contribution is -2.30. The molecule has 68 heavy (non-hydrogen) atoms. The third kappa shape index (κ3) is 5.29. The number of hydrogen-bond acceptors (Lipinski definition) is 2. The monoisotopic (exact) mass is 865 g/mol. The number of benzene rings is 11. The van der Waals surface area contributed by atoms with Crippen molar-refractivity contribution in [3.05, 3.63) is 305 Å². The van der Waals surface area contributed by atoms with Gasteiger partial charge in [0.15, 0.2) is 5.58 Å². The Hall–Kier alpha value is -8.72. The van der Waals surface area contributed by atoms with Gasteiger partial charge in [0, 0.05) is 22.1 Å². The highest BCUT2D eigenvalue weighted by Gasteiger charge is 2.52. The molecular weight excluding hydrogens is 823 g/mol. The molecule has 12 aromatic rings. The molecule has 2 heteroatoms. The predicted molar refractivity (Wildman–Crippen MR) is 281 cm³/mol. The lowest BCUT2D eigenvalue weighted by atomic mass is 9.65. The molecule has 1 aromatic heterocycles. The van der Waals surface area contributed by atoms with E-state index in [1.54, 1.807) is 0 Å². The van der Waals surface area contributed by atoms with Crippen molar-refractivity contribution in [3.63, 3.8) is 0 Å². The summed E-state index contributed by atoms with van der Waals surface area (Å²) in [6.07, 6.45) is 0. The van der Waals surface area contributed by atoms with E-state index >= 15 is 0 Å². The molecule has 0 N–H and O–H groups in total. The summed E-state index contributed by atoms with van der Waals surface area (Å²) < 4.78 is 6.70. The summed E-state index contributed by atoms with van der Waals surface area (Å²) in [5.41, 5.74) is 19.0. The van der Waals surface area contributed by atoms with Crippen LogP contribution in [0.3, 0.4) is 0 Å². The van der Waals surface area contributed by atoms with Gasteiger partial charge in [-0.1, -0.05) is 212 Å². The van der Waals surface area contributed by atoms with Crippen molar-refractivity contribution < 1.29 is 4.42 Å². The fourth-order valence-corrected chi connectivity index (χ4v) is 12.3. The molecule has 2 aliphatic carbocycles. The number of rotatable bonds is 7. The van der Waals surface area contributed by atoms with Crippen LogP contribution in [-0.4, -0.2) is 0 Å². The summed E-state index contributed by atoms with van der Waals surface area (Å²) in [5, 5.41) is 4.61. The highest BCUT2D eigenvalue weighted by atomic mass is 16.3. The zero-order chi connectivity index (χ0) is 44.8. The lowest BCUT2D eigenvalue weighted by molar-refractivity contribution is 0.669. The van der Waals surface area contributed by atoms with Gasteiger partial charge in [0.25, 0.3) is 0 Å². The molecule has 2 aliphatic rings. The van der Waals surface area contributed by atoms with Crippen molar-refractivity contribution in [1.29, 1.82) is 0 Å². The molecule has 0 unspecified atom stereocenters. The van der Waals surface area contributed by atoms with Crippen molar-refractivity contribution in [2.24, 2.45) is 0 Å². The van der Waals surface area contributed by atoms with Gasteiger partial charge in [-0.05, 0) is 126 Å². The van der Waals surface area contributed by atoms with Gasteiger partial charge in [0.1, 0.15) is 5.58 Å². The number of anilines is 3. The minimum atomic E-state index is -0.637. The summed E-state index contributed by atoms with van der Waals surface area (Å²) in [6, 6.07) is 96.3. The normalized spacial score (nSPS) is 13.8. The van der Waals surface area contributed by atoms with Gasteiger partial charge in [-0.15, -0.1) is 0 Å². The maximum absolute atomic E-state index is 6.70. The molecule has 2 nitrogen and oxygen atoms in total. The fourth-order valence-electron chi connectivity index (χ4n) is 12.3. The molecule has 318 valence electrons. The highest BCUT2D eigenvalue weighted by molar-refractivity contribution is 6.11. The second kappa shape index (κ2) is 14.9. The summed E-state index contributed by atoms with van der Waals surface area (Å²) in [6.45, 7) is 0. The Morgan fingerprint density at radius 2 is 0.838 bits per heavy atom. The van der Waals surface area contributed by atoms with Crippen LogP contribution in [0.4, 0.5) is 17.1 Å². The highest BCUT2D eigenvalue weighted by Crippen LogP contribution is 2.63. The Kier molecular flexibility index (Phi) is 8.45. The van der Waals surface area contributed by atoms with E-state index in [0.29, 0.717) is 0 Å². The van der Waals surface area contributed by atoms with Crippen molar-refractivity contribution in [1.82, 2.24) is 0 Å². The predicted octanol–water partition coefficient (Wildman–Crippen LogP) is 16.9. The minimum Gasteiger partial charge on any atom is -0.454 e. The van der Waals surface area contributed by atoms with Gasteiger partial charge < -0.3 is 9.32 Å². The number of hydrogen-bond donors (Lipinski definition) is 0. The Morgan fingerprint density at radius 1 is 0.309 bits per heavy atom. The molecule has 0 amide bonds. The van der Waals surface area contributed by atoms with Crippen molar-refractivity contribution >= 4 is 49.8 Å². The second-order valence-corrected chi connectivity index (χ2v) is 18.3.